The molecule has 0 unspecified atom stereocenters. The molecule has 2 saturated heterocycles. The molecule has 2 aliphatic heterocycles. The first-order chi connectivity index (χ1) is 13.4. The van der Waals surface area contributed by atoms with Gasteiger partial charge in [0.25, 0.3) is 5.91 Å². The third-order valence-electron chi connectivity index (χ3n) is 4.45. The van der Waals surface area contributed by atoms with Crippen molar-refractivity contribution in [1.29, 1.82) is 0 Å². The topological polar surface area (TPSA) is 129 Å². The summed E-state index contributed by atoms with van der Waals surface area (Å²) in [7, 11) is -3.88. The molecule has 0 aromatic heterocycles. The Morgan fingerprint density at radius 2 is 1.71 bits per heavy atom. The Hall–Kier alpha value is -2.28. The molecule has 2 heterocycles. The van der Waals surface area contributed by atoms with Gasteiger partial charge in [-0.05, 0) is 12.1 Å². The highest BCUT2D eigenvalue weighted by Crippen LogP contribution is 2.31. The maximum atomic E-state index is 12.7. The summed E-state index contributed by atoms with van der Waals surface area (Å²) in [5.41, 5.74) is -0.510. The van der Waals surface area contributed by atoms with Gasteiger partial charge in [0.1, 0.15) is 0 Å². The van der Waals surface area contributed by atoms with Crippen LogP contribution < -0.4 is 4.74 Å². The van der Waals surface area contributed by atoms with E-state index in [1.807, 2.05) is 0 Å². The molecule has 0 atom stereocenters. The van der Waals surface area contributed by atoms with Gasteiger partial charge in [-0.25, -0.2) is 8.42 Å². The third-order valence-corrected chi connectivity index (χ3v) is 6.34. The summed E-state index contributed by atoms with van der Waals surface area (Å²) in [4.78, 5) is 24.2. The minimum atomic E-state index is -3.88. The van der Waals surface area contributed by atoms with Crippen molar-refractivity contribution in [2.24, 2.45) is 0 Å². The van der Waals surface area contributed by atoms with Crippen molar-refractivity contribution in [3.8, 4) is 5.75 Å². The summed E-state index contributed by atoms with van der Waals surface area (Å²) in [5, 5.41) is 11.4. The molecule has 2 aliphatic rings. The Labute approximate surface area is 162 Å². The van der Waals surface area contributed by atoms with Crippen LogP contribution >= 0.6 is 0 Å². The fourth-order valence-electron chi connectivity index (χ4n) is 2.90. The molecular weight excluding hydrogens is 394 g/mol. The lowest BCUT2D eigenvalue weighted by atomic mass is 10.3. The molecule has 3 rings (SSSR count). The highest BCUT2D eigenvalue weighted by molar-refractivity contribution is 7.89. The van der Waals surface area contributed by atoms with E-state index in [1.54, 1.807) is 4.90 Å². The molecule has 2 fully saturated rings. The molecule has 0 bridgehead atoms. The lowest BCUT2D eigenvalue weighted by molar-refractivity contribution is -0.386. The van der Waals surface area contributed by atoms with E-state index in [1.165, 1.54) is 16.4 Å². The maximum Gasteiger partial charge on any atom is 0.312 e. The van der Waals surface area contributed by atoms with Gasteiger partial charge in [0, 0.05) is 32.2 Å². The Morgan fingerprint density at radius 1 is 1.11 bits per heavy atom. The number of nitro groups is 1. The predicted octanol–water partition coefficient (Wildman–Crippen LogP) is -0.147. The van der Waals surface area contributed by atoms with E-state index in [-0.39, 0.29) is 49.5 Å². The van der Waals surface area contributed by atoms with E-state index in [9.17, 15) is 23.3 Å². The smallest absolute Gasteiger partial charge is 0.312 e. The van der Waals surface area contributed by atoms with Crippen LogP contribution in [-0.2, 0) is 24.3 Å². The first kappa shape index (κ1) is 20.5. The van der Waals surface area contributed by atoms with Crippen LogP contribution in [0.4, 0.5) is 5.69 Å². The Morgan fingerprint density at radius 3 is 2.32 bits per heavy atom. The zero-order valence-corrected chi connectivity index (χ0v) is 15.9. The number of nitro benzene ring substituents is 1. The van der Waals surface area contributed by atoms with Crippen LogP contribution in [0.1, 0.15) is 0 Å². The molecule has 28 heavy (non-hydrogen) atoms. The molecule has 11 nitrogen and oxygen atoms in total. The number of morpholine rings is 2. The van der Waals surface area contributed by atoms with Gasteiger partial charge in [-0.3, -0.25) is 14.9 Å². The molecule has 1 aromatic rings. The Balaban J connectivity index is 1.75. The van der Waals surface area contributed by atoms with E-state index in [4.69, 9.17) is 14.2 Å². The highest BCUT2D eigenvalue weighted by atomic mass is 32.2. The van der Waals surface area contributed by atoms with Crippen molar-refractivity contribution in [1.82, 2.24) is 9.21 Å². The van der Waals surface area contributed by atoms with Gasteiger partial charge in [0.05, 0.1) is 36.2 Å². The number of carbonyl (C=O) groups is 1. The number of carbonyl (C=O) groups excluding carboxylic acids is 1. The average molecular weight is 415 g/mol. The van der Waals surface area contributed by atoms with E-state index in [2.05, 4.69) is 0 Å². The minimum Gasteiger partial charge on any atom is -0.477 e. The molecule has 0 saturated carbocycles. The van der Waals surface area contributed by atoms with Crippen LogP contribution in [0.25, 0.3) is 0 Å². The predicted molar refractivity (Wildman–Crippen MR) is 95.6 cm³/mol. The Kier molecular flexibility index (Phi) is 6.44. The quantitative estimate of drug-likeness (QED) is 0.464. The second-order valence-corrected chi connectivity index (χ2v) is 8.12. The Bertz CT molecular complexity index is 832. The van der Waals surface area contributed by atoms with Crippen molar-refractivity contribution < 1.29 is 32.3 Å². The summed E-state index contributed by atoms with van der Waals surface area (Å²) in [6.45, 7) is 2.25. The van der Waals surface area contributed by atoms with E-state index >= 15 is 0 Å². The molecular formula is C16H21N3O8S. The van der Waals surface area contributed by atoms with Crippen molar-refractivity contribution in [2.75, 3.05) is 59.2 Å². The van der Waals surface area contributed by atoms with Crippen molar-refractivity contribution in [3.05, 3.63) is 28.3 Å². The summed E-state index contributed by atoms with van der Waals surface area (Å²) in [5.74, 6) is -0.477. The molecule has 0 spiro atoms. The second-order valence-electron chi connectivity index (χ2n) is 6.18. The maximum absolute atomic E-state index is 12.7. The van der Waals surface area contributed by atoms with Gasteiger partial charge < -0.3 is 19.1 Å². The zero-order valence-electron chi connectivity index (χ0n) is 15.1. The summed E-state index contributed by atoms with van der Waals surface area (Å²) in [6, 6.07) is 3.41. The number of benzene rings is 1. The van der Waals surface area contributed by atoms with Gasteiger partial charge in [0.2, 0.25) is 10.0 Å². The van der Waals surface area contributed by atoms with Crippen LogP contribution in [0, 0.1) is 10.1 Å². The van der Waals surface area contributed by atoms with Gasteiger partial charge in [-0.1, -0.05) is 0 Å². The highest BCUT2D eigenvalue weighted by Gasteiger charge is 2.29. The van der Waals surface area contributed by atoms with Gasteiger partial charge in [0.15, 0.2) is 12.4 Å². The van der Waals surface area contributed by atoms with Crippen molar-refractivity contribution in [2.45, 2.75) is 4.90 Å². The normalized spacial score (nSPS) is 18.6. The van der Waals surface area contributed by atoms with Crippen LogP contribution in [0.3, 0.4) is 0 Å². The van der Waals surface area contributed by atoms with Gasteiger partial charge in [-0.2, -0.15) is 4.31 Å². The molecule has 0 aliphatic carbocycles. The van der Waals surface area contributed by atoms with Gasteiger partial charge >= 0.3 is 5.69 Å². The number of hydrogen-bond donors (Lipinski definition) is 0. The standard InChI is InChI=1S/C16H21N3O8S/c20-16(17-3-7-25-8-4-17)12-27-15-2-1-13(11-14(15)19(21)22)28(23,24)18-5-9-26-10-6-18/h1-2,11H,3-10,12H2. The van der Waals surface area contributed by atoms with E-state index < -0.39 is 20.6 Å². The molecule has 0 radical (unpaired) electrons. The average Bonchev–Trinajstić information content (AvgIpc) is 2.73. The fourth-order valence-corrected chi connectivity index (χ4v) is 4.33. The second kappa shape index (κ2) is 8.82. The van der Waals surface area contributed by atoms with Gasteiger partial charge in [-0.15, -0.1) is 0 Å². The lowest BCUT2D eigenvalue weighted by Gasteiger charge is -2.27. The molecule has 1 amide bonds. The zero-order chi connectivity index (χ0) is 20.1. The molecule has 0 N–H and O–H groups in total. The van der Waals surface area contributed by atoms with E-state index in [0.29, 0.717) is 26.3 Å². The van der Waals surface area contributed by atoms with Crippen LogP contribution in [0.2, 0.25) is 0 Å². The molecule has 12 heteroatoms. The first-order valence-corrected chi connectivity index (χ1v) is 10.2. The molecule has 1 aromatic carbocycles. The summed E-state index contributed by atoms with van der Waals surface area (Å²) >= 11 is 0. The van der Waals surface area contributed by atoms with Crippen LogP contribution in [0.15, 0.2) is 23.1 Å². The number of sulfonamides is 1. The van der Waals surface area contributed by atoms with Crippen LogP contribution in [-0.4, -0.2) is 87.7 Å². The SMILES string of the molecule is O=C(COc1ccc(S(=O)(=O)N2CCOCC2)cc1[N+](=O)[O-])N1CCOCC1. The first-order valence-electron chi connectivity index (χ1n) is 8.74. The van der Waals surface area contributed by atoms with Crippen molar-refractivity contribution >= 4 is 21.6 Å². The lowest BCUT2D eigenvalue weighted by Crippen LogP contribution is -2.43. The summed E-state index contributed by atoms with van der Waals surface area (Å²) < 4.78 is 42.2. The number of ether oxygens (including phenoxy) is 3. The fraction of sp³-hybridized carbons (Fsp3) is 0.562. The largest absolute Gasteiger partial charge is 0.477 e. The number of nitrogens with zero attached hydrogens (tertiary/aromatic N) is 3. The monoisotopic (exact) mass is 415 g/mol. The number of rotatable bonds is 6. The van der Waals surface area contributed by atoms with E-state index in [0.717, 1.165) is 6.07 Å². The third kappa shape index (κ3) is 4.58. The number of hydrogen-bond acceptors (Lipinski definition) is 8. The number of amides is 1. The summed E-state index contributed by atoms with van der Waals surface area (Å²) in [6.07, 6.45) is 0. The molecule has 154 valence electrons. The van der Waals surface area contributed by atoms with Crippen molar-refractivity contribution in [3.63, 3.8) is 0 Å². The minimum absolute atomic E-state index is 0.160. The van der Waals surface area contributed by atoms with Crippen LogP contribution in [0.5, 0.6) is 5.75 Å².